The first-order valence-corrected chi connectivity index (χ1v) is 9.47. The molecule has 0 spiro atoms. The van der Waals surface area contributed by atoms with Crippen molar-refractivity contribution in [3.63, 3.8) is 0 Å². The summed E-state index contributed by atoms with van der Waals surface area (Å²) < 4.78 is 0. The van der Waals surface area contributed by atoms with Gasteiger partial charge in [0.2, 0.25) is 5.91 Å². The van der Waals surface area contributed by atoms with Crippen LogP contribution in [0.4, 0.5) is 0 Å². The van der Waals surface area contributed by atoms with Crippen LogP contribution in [-0.4, -0.2) is 42.3 Å². The van der Waals surface area contributed by atoms with Crippen molar-refractivity contribution < 1.29 is 4.79 Å². The van der Waals surface area contributed by atoms with E-state index in [1.54, 1.807) is 0 Å². The number of nitrogens with one attached hydrogen (secondary N) is 1. The van der Waals surface area contributed by atoms with Gasteiger partial charge < -0.3 is 15.1 Å². The Kier molecular flexibility index (Phi) is 8.76. The van der Waals surface area contributed by atoms with Crippen molar-refractivity contribution in [1.82, 2.24) is 15.1 Å². The van der Waals surface area contributed by atoms with Crippen LogP contribution in [0.25, 0.3) is 0 Å². The Bertz CT molecular complexity index is 792. The second-order valence-electron chi connectivity index (χ2n) is 7.11. The van der Waals surface area contributed by atoms with E-state index in [1.165, 1.54) is 11.1 Å². The third-order valence-corrected chi connectivity index (χ3v) is 4.66. The van der Waals surface area contributed by atoms with Gasteiger partial charge in [0.25, 0.3) is 0 Å². The molecule has 0 aromatic heterocycles. The number of hydrogen-bond acceptors (Lipinski definition) is 2. The van der Waals surface area contributed by atoms with Crippen LogP contribution < -0.4 is 5.32 Å². The van der Waals surface area contributed by atoms with Crippen LogP contribution in [0, 0.1) is 0 Å². The highest BCUT2D eigenvalue weighted by Crippen LogP contribution is 2.15. The average molecular weight is 492 g/mol. The standard InChI is InChI=1S/C22H28N4O.HI/c1-25(2)22(23-15-18-8-4-3-5-9-18)24-16-19-10-6-11-20(14-19)17-26-13-7-12-21(26)27;/h3-6,8-11,14H,7,12-13,15-17H2,1-2H3,(H,23,24);1H. The van der Waals surface area contributed by atoms with Crippen molar-refractivity contribution in [1.29, 1.82) is 0 Å². The molecular formula is C22H29IN4O. The maximum absolute atomic E-state index is 11.8. The molecule has 1 heterocycles. The zero-order valence-electron chi connectivity index (χ0n) is 16.6. The number of rotatable bonds is 6. The lowest BCUT2D eigenvalue weighted by Crippen LogP contribution is -2.36. The third kappa shape index (κ3) is 6.51. The monoisotopic (exact) mass is 492 g/mol. The number of carbonyl (C=O) groups excluding carboxylic acids is 1. The summed E-state index contributed by atoms with van der Waals surface area (Å²) in [6.07, 6.45) is 1.66. The molecule has 1 saturated heterocycles. The highest BCUT2D eigenvalue weighted by Gasteiger charge is 2.19. The molecule has 0 saturated carbocycles. The molecule has 1 amide bonds. The molecule has 3 rings (SSSR count). The summed E-state index contributed by atoms with van der Waals surface area (Å²) in [6.45, 7) is 2.92. The highest BCUT2D eigenvalue weighted by atomic mass is 127. The predicted octanol–water partition coefficient (Wildman–Crippen LogP) is 3.63. The van der Waals surface area contributed by atoms with Crippen molar-refractivity contribution in [3.05, 3.63) is 71.3 Å². The van der Waals surface area contributed by atoms with Crippen molar-refractivity contribution in [2.45, 2.75) is 32.5 Å². The van der Waals surface area contributed by atoms with E-state index in [4.69, 9.17) is 4.99 Å². The van der Waals surface area contributed by atoms with Crippen molar-refractivity contribution >= 4 is 35.8 Å². The van der Waals surface area contributed by atoms with E-state index in [2.05, 4.69) is 35.6 Å². The number of carbonyl (C=O) groups is 1. The van der Waals surface area contributed by atoms with E-state index >= 15 is 0 Å². The Balaban J connectivity index is 0.00000280. The van der Waals surface area contributed by atoms with Gasteiger partial charge in [0.15, 0.2) is 5.96 Å². The molecule has 1 N–H and O–H groups in total. The number of aliphatic imine (C=N–C) groups is 1. The molecule has 150 valence electrons. The van der Waals surface area contributed by atoms with Gasteiger partial charge >= 0.3 is 0 Å². The summed E-state index contributed by atoms with van der Waals surface area (Å²) in [5, 5.41) is 3.41. The molecule has 1 aliphatic rings. The SMILES string of the molecule is CN(C)C(=NCc1cccc(CN2CCCC2=O)c1)NCc1ccccc1.I. The topological polar surface area (TPSA) is 47.9 Å². The fourth-order valence-electron chi connectivity index (χ4n) is 3.22. The van der Waals surface area contributed by atoms with E-state index in [1.807, 2.05) is 48.2 Å². The molecule has 0 atom stereocenters. The zero-order valence-corrected chi connectivity index (χ0v) is 18.9. The number of halogens is 1. The van der Waals surface area contributed by atoms with E-state index < -0.39 is 0 Å². The number of guanidine groups is 1. The van der Waals surface area contributed by atoms with Crippen LogP contribution >= 0.6 is 24.0 Å². The van der Waals surface area contributed by atoms with Crippen molar-refractivity contribution in [2.24, 2.45) is 4.99 Å². The van der Waals surface area contributed by atoms with Gasteiger partial charge in [0.1, 0.15) is 0 Å². The predicted molar refractivity (Wildman–Crippen MR) is 125 cm³/mol. The van der Waals surface area contributed by atoms with Gasteiger partial charge in [-0.15, -0.1) is 24.0 Å². The molecule has 2 aromatic carbocycles. The summed E-state index contributed by atoms with van der Waals surface area (Å²) >= 11 is 0. The van der Waals surface area contributed by atoms with Crippen LogP contribution in [0.5, 0.6) is 0 Å². The van der Waals surface area contributed by atoms with Gasteiger partial charge in [-0.1, -0.05) is 54.6 Å². The van der Waals surface area contributed by atoms with E-state index in [0.717, 1.165) is 31.0 Å². The van der Waals surface area contributed by atoms with E-state index in [-0.39, 0.29) is 29.9 Å². The molecule has 0 radical (unpaired) electrons. The van der Waals surface area contributed by atoms with E-state index in [9.17, 15) is 4.79 Å². The molecule has 0 unspecified atom stereocenters. The summed E-state index contributed by atoms with van der Waals surface area (Å²) in [5.41, 5.74) is 3.55. The second kappa shape index (κ2) is 11.0. The number of likely N-dealkylation sites (tertiary alicyclic amines) is 1. The van der Waals surface area contributed by atoms with Gasteiger partial charge in [-0.2, -0.15) is 0 Å². The van der Waals surface area contributed by atoms with Gasteiger partial charge in [-0.3, -0.25) is 4.79 Å². The van der Waals surface area contributed by atoms with Gasteiger partial charge in [0.05, 0.1) is 6.54 Å². The molecule has 6 heteroatoms. The van der Waals surface area contributed by atoms with Crippen molar-refractivity contribution in [3.8, 4) is 0 Å². The lowest BCUT2D eigenvalue weighted by Gasteiger charge is -2.18. The largest absolute Gasteiger partial charge is 0.352 e. The minimum atomic E-state index is 0. The normalized spacial score (nSPS) is 14.0. The van der Waals surface area contributed by atoms with Gasteiger partial charge in [-0.05, 0) is 23.1 Å². The Labute approximate surface area is 184 Å². The number of hydrogen-bond donors (Lipinski definition) is 1. The van der Waals surface area contributed by atoms with Crippen LogP contribution in [-0.2, 0) is 24.4 Å². The Hall–Kier alpha value is -2.09. The molecule has 0 aliphatic carbocycles. The van der Waals surface area contributed by atoms with Gasteiger partial charge in [-0.25, -0.2) is 4.99 Å². The lowest BCUT2D eigenvalue weighted by atomic mass is 10.1. The van der Waals surface area contributed by atoms with Crippen LogP contribution in [0.1, 0.15) is 29.5 Å². The molecule has 28 heavy (non-hydrogen) atoms. The summed E-state index contributed by atoms with van der Waals surface area (Å²) in [6, 6.07) is 18.7. The van der Waals surface area contributed by atoms with Crippen molar-refractivity contribution in [2.75, 3.05) is 20.6 Å². The fraction of sp³-hybridized carbons (Fsp3) is 0.364. The van der Waals surface area contributed by atoms with Crippen LogP contribution in [0.15, 0.2) is 59.6 Å². The summed E-state index contributed by atoms with van der Waals surface area (Å²) in [5.74, 6) is 1.12. The van der Waals surface area contributed by atoms with Gasteiger partial charge in [0, 0.05) is 40.2 Å². The quantitative estimate of drug-likeness (QED) is 0.381. The maximum atomic E-state index is 11.8. The van der Waals surface area contributed by atoms with E-state index in [0.29, 0.717) is 19.5 Å². The molecule has 1 fully saturated rings. The first-order valence-electron chi connectivity index (χ1n) is 9.47. The first-order chi connectivity index (χ1) is 13.1. The minimum absolute atomic E-state index is 0. The van der Waals surface area contributed by atoms with Crippen LogP contribution in [0.2, 0.25) is 0 Å². The summed E-state index contributed by atoms with van der Waals surface area (Å²) in [7, 11) is 3.98. The highest BCUT2D eigenvalue weighted by molar-refractivity contribution is 14.0. The molecule has 0 bridgehead atoms. The zero-order chi connectivity index (χ0) is 19.1. The molecule has 1 aliphatic heterocycles. The lowest BCUT2D eigenvalue weighted by molar-refractivity contribution is -0.128. The maximum Gasteiger partial charge on any atom is 0.222 e. The molecule has 5 nitrogen and oxygen atoms in total. The summed E-state index contributed by atoms with van der Waals surface area (Å²) in [4.78, 5) is 20.5. The number of benzene rings is 2. The molecular weight excluding hydrogens is 463 g/mol. The number of amides is 1. The third-order valence-electron chi connectivity index (χ3n) is 4.66. The molecule has 2 aromatic rings. The Morgan fingerprint density at radius 3 is 2.46 bits per heavy atom. The Morgan fingerprint density at radius 2 is 1.79 bits per heavy atom. The smallest absolute Gasteiger partial charge is 0.222 e. The first kappa shape index (κ1) is 22.2. The Morgan fingerprint density at radius 1 is 1.07 bits per heavy atom. The number of nitrogens with zero attached hydrogens (tertiary/aromatic N) is 3. The minimum Gasteiger partial charge on any atom is -0.352 e. The second-order valence-corrected chi connectivity index (χ2v) is 7.11. The van der Waals surface area contributed by atoms with Crippen LogP contribution in [0.3, 0.4) is 0 Å². The average Bonchev–Trinajstić information content (AvgIpc) is 3.07. The fourth-order valence-corrected chi connectivity index (χ4v) is 3.22.